The van der Waals surface area contributed by atoms with Crippen molar-refractivity contribution in [3.05, 3.63) is 59.3 Å². The molecule has 0 aliphatic carbocycles. The van der Waals surface area contributed by atoms with Crippen LogP contribution in [0.4, 0.5) is 4.39 Å². The summed E-state index contributed by atoms with van der Waals surface area (Å²) in [6, 6.07) is 9.71. The average molecular weight is 373 g/mol. The number of aryl methyl sites for hydroxylation is 1. The van der Waals surface area contributed by atoms with E-state index in [1.807, 2.05) is 24.0 Å². The van der Waals surface area contributed by atoms with Crippen molar-refractivity contribution in [3.63, 3.8) is 0 Å². The molecule has 1 atom stereocenters. The predicted octanol–water partition coefficient (Wildman–Crippen LogP) is 1.78. The topological polar surface area (TPSA) is 74.6 Å². The van der Waals surface area contributed by atoms with Crippen molar-refractivity contribution in [2.24, 2.45) is 0 Å². The van der Waals surface area contributed by atoms with E-state index in [9.17, 15) is 14.0 Å². The van der Waals surface area contributed by atoms with Crippen LogP contribution in [0.15, 0.2) is 40.8 Å². The Labute approximate surface area is 157 Å². The number of carbonyl (C=O) groups excluding carboxylic acids is 2. The van der Waals surface area contributed by atoms with E-state index in [1.165, 1.54) is 6.07 Å². The van der Waals surface area contributed by atoms with Gasteiger partial charge in [-0.15, -0.1) is 0 Å². The minimum atomic E-state index is -0.544. The van der Waals surface area contributed by atoms with Gasteiger partial charge in [-0.05, 0) is 37.1 Å². The second kappa shape index (κ2) is 8.81. The number of furan rings is 1. The van der Waals surface area contributed by atoms with Crippen molar-refractivity contribution in [2.75, 3.05) is 19.6 Å². The van der Waals surface area contributed by atoms with Gasteiger partial charge < -0.3 is 15.1 Å². The third-order valence-electron chi connectivity index (χ3n) is 4.65. The molecule has 6 nitrogen and oxygen atoms in total. The van der Waals surface area contributed by atoms with Crippen LogP contribution in [0.5, 0.6) is 0 Å². The summed E-state index contributed by atoms with van der Waals surface area (Å²) >= 11 is 0. The Bertz CT molecular complexity index is 805. The number of nitrogens with one attached hydrogen (secondary N) is 2. The molecule has 144 valence electrons. The Balaban J connectivity index is 1.53. The SMILES string of the molecule is Cc1ccc(CN2CCNC(=O)C2CC(=O)NCCc2ccccc2F)o1. The van der Waals surface area contributed by atoms with Crippen LogP contribution in [0.2, 0.25) is 0 Å². The van der Waals surface area contributed by atoms with E-state index in [2.05, 4.69) is 10.6 Å². The Morgan fingerprint density at radius 2 is 2.15 bits per heavy atom. The molecule has 27 heavy (non-hydrogen) atoms. The lowest BCUT2D eigenvalue weighted by atomic mass is 10.1. The monoisotopic (exact) mass is 373 g/mol. The fraction of sp³-hybridized carbons (Fsp3) is 0.400. The average Bonchev–Trinajstić information content (AvgIpc) is 3.04. The van der Waals surface area contributed by atoms with E-state index in [-0.39, 0.29) is 24.1 Å². The summed E-state index contributed by atoms with van der Waals surface area (Å²) < 4.78 is 19.2. The molecule has 1 aromatic carbocycles. The van der Waals surface area contributed by atoms with Gasteiger partial charge in [-0.3, -0.25) is 14.5 Å². The lowest BCUT2D eigenvalue weighted by molar-refractivity contribution is -0.134. The van der Waals surface area contributed by atoms with Crippen molar-refractivity contribution in [3.8, 4) is 0 Å². The summed E-state index contributed by atoms with van der Waals surface area (Å²) in [6.07, 6.45) is 0.466. The molecule has 0 saturated carbocycles. The first kappa shape index (κ1) is 19.1. The van der Waals surface area contributed by atoms with Crippen LogP contribution in [-0.2, 0) is 22.6 Å². The van der Waals surface area contributed by atoms with Gasteiger partial charge in [0.05, 0.1) is 19.0 Å². The van der Waals surface area contributed by atoms with Crippen LogP contribution in [0, 0.1) is 12.7 Å². The lowest BCUT2D eigenvalue weighted by Gasteiger charge is -2.34. The fourth-order valence-corrected chi connectivity index (χ4v) is 3.23. The molecule has 1 aromatic heterocycles. The highest BCUT2D eigenvalue weighted by Crippen LogP contribution is 2.16. The Hall–Kier alpha value is -2.67. The first-order valence-corrected chi connectivity index (χ1v) is 9.10. The summed E-state index contributed by atoms with van der Waals surface area (Å²) in [5.74, 6) is 0.919. The molecule has 2 aromatic rings. The zero-order valence-electron chi connectivity index (χ0n) is 15.3. The largest absolute Gasteiger partial charge is 0.465 e. The third kappa shape index (κ3) is 5.17. The summed E-state index contributed by atoms with van der Waals surface area (Å²) in [6.45, 7) is 3.87. The van der Waals surface area contributed by atoms with Crippen molar-refractivity contribution in [1.82, 2.24) is 15.5 Å². The highest BCUT2D eigenvalue weighted by molar-refractivity contribution is 5.88. The van der Waals surface area contributed by atoms with Crippen LogP contribution < -0.4 is 10.6 Å². The van der Waals surface area contributed by atoms with Crippen molar-refractivity contribution >= 4 is 11.8 Å². The maximum Gasteiger partial charge on any atom is 0.237 e. The lowest BCUT2D eigenvalue weighted by Crippen LogP contribution is -2.56. The molecule has 1 aliphatic heterocycles. The van der Waals surface area contributed by atoms with Gasteiger partial charge in [-0.25, -0.2) is 4.39 Å². The summed E-state index contributed by atoms with van der Waals surface area (Å²) in [5.41, 5.74) is 0.558. The van der Waals surface area contributed by atoms with Gasteiger partial charge in [0.25, 0.3) is 0 Å². The molecule has 3 rings (SSSR count). The van der Waals surface area contributed by atoms with Crippen molar-refractivity contribution < 1.29 is 18.4 Å². The van der Waals surface area contributed by atoms with E-state index in [0.29, 0.717) is 38.2 Å². The zero-order chi connectivity index (χ0) is 19.2. The second-order valence-electron chi connectivity index (χ2n) is 6.69. The van der Waals surface area contributed by atoms with Crippen LogP contribution in [0.3, 0.4) is 0 Å². The van der Waals surface area contributed by atoms with Gasteiger partial charge in [0.1, 0.15) is 17.3 Å². The maximum absolute atomic E-state index is 13.6. The summed E-state index contributed by atoms with van der Waals surface area (Å²) in [7, 11) is 0. The van der Waals surface area contributed by atoms with Gasteiger partial charge in [-0.2, -0.15) is 0 Å². The Kier molecular flexibility index (Phi) is 6.24. The summed E-state index contributed by atoms with van der Waals surface area (Å²) in [4.78, 5) is 26.5. The highest BCUT2D eigenvalue weighted by Gasteiger charge is 2.32. The number of benzene rings is 1. The van der Waals surface area contributed by atoms with Crippen LogP contribution in [-0.4, -0.2) is 42.4 Å². The summed E-state index contributed by atoms with van der Waals surface area (Å²) in [5, 5.41) is 5.59. The minimum absolute atomic E-state index is 0.0583. The molecule has 1 saturated heterocycles. The molecule has 0 radical (unpaired) electrons. The Morgan fingerprint density at radius 1 is 1.33 bits per heavy atom. The number of piperazine rings is 1. The van der Waals surface area contributed by atoms with Crippen LogP contribution in [0.1, 0.15) is 23.5 Å². The first-order valence-electron chi connectivity index (χ1n) is 9.10. The Morgan fingerprint density at radius 3 is 2.89 bits per heavy atom. The molecule has 2 heterocycles. The van der Waals surface area contributed by atoms with Gasteiger partial charge in [-0.1, -0.05) is 18.2 Å². The van der Waals surface area contributed by atoms with E-state index in [4.69, 9.17) is 4.42 Å². The standard InChI is InChI=1S/C20H24FN3O3/c1-14-6-7-16(27-14)13-24-11-10-23-20(26)18(24)12-19(25)22-9-8-15-4-2-3-5-17(15)21/h2-7,18H,8-13H2,1H3,(H,22,25)(H,23,26). The smallest absolute Gasteiger partial charge is 0.237 e. The van der Waals surface area contributed by atoms with E-state index >= 15 is 0 Å². The van der Waals surface area contributed by atoms with E-state index < -0.39 is 6.04 Å². The number of hydrogen-bond donors (Lipinski definition) is 2. The van der Waals surface area contributed by atoms with Gasteiger partial charge >= 0.3 is 0 Å². The fourth-order valence-electron chi connectivity index (χ4n) is 3.23. The van der Waals surface area contributed by atoms with Crippen molar-refractivity contribution in [2.45, 2.75) is 32.4 Å². The number of hydrogen-bond acceptors (Lipinski definition) is 4. The number of halogens is 1. The predicted molar refractivity (Wildman–Crippen MR) is 98.4 cm³/mol. The molecule has 0 bridgehead atoms. The van der Waals surface area contributed by atoms with Gasteiger partial charge in [0.15, 0.2) is 0 Å². The van der Waals surface area contributed by atoms with Gasteiger partial charge in [0.2, 0.25) is 11.8 Å². The molecule has 1 aliphatic rings. The van der Waals surface area contributed by atoms with Crippen molar-refractivity contribution in [1.29, 1.82) is 0 Å². The molecule has 1 fully saturated rings. The number of nitrogens with zero attached hydrogens (tertiary/aromatic N) is 1. The maximum atomic E-state index is 13.6. The number of carbonyl (C=O) groups is 2. The quantitative estimate of drug-likeness (QED) is 0.776. The van der Waals surface area contributed by atoms with E-state index in [1.54, 1.807) is 18.2 Å². The molecule has 2 amide bonds. The molecule has 1 unspecified atom stereocenters. The number of rotatable bonds is 7. The molecule has 7 heteroatoms. The molecular weight excluding hydrogens is 349 g/mol. The first-order chi connectivity index (χ1) is 13.0. The zero-order valence-corrected chi connectivity index (χ0v) is 15.3. The van der Waals surface area contributed by atoms with Crippen LogP contribution in [0.25, 0.3) is 0 Å². The normalized spacial score (nSPS) is 17.6. The molecule has 0 spiro atoms. The molecular formula is C20H24FN3O3. The van der Waals surface area contributed by atoms with Gasteiger partial charge in [0, 0.05) is 19.6 Å². The van der Waals surface area contributed by atoms with Crippen LogP contribution >= 0.6 is 0 Å². The number of amides is 2. The second-order valence-corrected chi connectivity index (χ2v) is 6.69. The minimum Gasteiger partial charge on any atom is -0.465 e. The van der Waals surface area contributed by atoms with E-state index in [0.717, 1.165) is 11.5 Å². The molecule has 2 N–H and O–H groups in total. The third-order valence-corrected chi connectivity index (χ3v) is 4.65. The highest BCUT2D eigenvalue weighted by atomic mass is 19.1.